The van der Waals surface area contributed by atoms with Gasteiger partial charge in [0.2, 0.25) is 5.91 Å². The van der Waals surface area contributed by atoms with E-state index in [0.717, 1.165) is 24.2 Å². The van der Waals surface area contributed by atoms with Crippen LogP contribution in [-0.2, 0) is 11.3 Å². The number of carbonyl (C=O) groups is 1. The molecule has 1 aliphatic heterocycles. The number of aliphatic imine (C=N–C) groups is 1. The van der Waals surface area contributed by atoms with Gasteiger partial charge in [-0.05, 0) is 61.0 Å². The van der Waals surface area contributed by atoms with Crippen molar-refractivity contribution in [2.75, 3.05) is 26.1 Å². The Morgan fingerprint density at radius 2 is 2.19 bits per heavy atom. The van der Waals surface area contributed by atoms with E-state index >= 15 is 4.39 Å². The summed E-state index contributed by atoms with van der Waals surface area (Å²) in [6.07, 6.45) is 5.13. The number of aryl methyl sites for hydroxylation is 1. The van der Waals surface area contributed by atoms with E-state index in [1.54, 1.807) is 25.4 Å². The van der Waals surface area contributed by atoms with Gasteiger partial charge < -0.3 is 14.8 Å². The van der Waals surface area contributed by atoms with E-state index in [1.165, 1.54) is 24.3 Å². The molecule has 0 unspecified atom stereocenters. The number of anilines is 1. The Hall–Kier alpha value is -3.42. The molecule has 2 aliphatic rings. The van der Waals surface area contributed by atoms with Crippen molar-refractivity contribution >= 4 is 17.3 Å². The average Bonchev–Trinajstić information content (AvgIpc) is 3.41. The van der Waals surface area contributed by atoms with Gasteiger partial charge in [0, 0.05) is 12.6 Å². The van der Waals surface area contributed by atoms with Gasteiger partial charge in [-0.1, -0.05) is 6.58 Å². The van der Waals surface area contributed by atoms with Crippen molar-refractivity contribution in [1.29, 1.82) is 0 Å². The van der Waals surface area contributed by atoms with Crippen LogP contribution in [0.25, 0.3) is 0 Å². The SMILES string of the molecule is C=CC(=O)Nc1cnn(CC)c1C1=NCC2=C1CC[C@@H](c1cc(OC)cc(OC)c1F)C2. The largest absolute Gasteiger partial charge is 0.497 e. The molecule has 7 nitrogen and oxygen atoms in total. The summed E-state index contributed by atoms with van der Waals surface area (Å²) in [6, 6.07) is 3.33. The van der Waals surface area contributed by atoms with Crippen molar-refractivity contribution in [1.82, 2.24) is 9.78 Å². The second kappa shape index (κ2) is 8.98. The summed E-state index contributed by atoms with van der Waals surface area (Å²) < 4.78 is 27.4. The van der Waals surface area contributed by atoms with E-state index < -0.39 is 0 Å². The molecule has 2 aromatic rings. The van der Waals surface area contributed by atoms with Crippen LogP contribution in [0.1, 0.15) is 43.4 Å². The van der Waals surface area contributed by atoms with Gasteiger partial charge in [0.15, 0.2) is 11.6 Å². The van der Waals surface area contributed by atoms with E-state index in [0.29, 0.717) is 36.5 Å². The molecular formula is C24H27FN4O3. The molecule has 1 aromatic carbocycles. The van der Waals surface area contributed by atoms with E-state index in [2.05, 4.69) is 17.0 Å². The van der Waals surface area contributed by atoms with Crippen LogP contribution in [0, 0.1) is 5.82 Å². The minimum absolute atomic E-state index is 0.0170. The lowest BCUT2D eigenvalue weighted by molar-refractivity contribution is -0.111. The van der Waals surface area contributed by atoms with Crippen LogP contribution in [0.5, 0.6) is 11.5 Å². The van der Waals surface area contributed by atoms with Gasteiger partial charge in [-0.25, -0.2) is 4.39 Å². The van der Waals surface area contributed by atoms with Crippen molar-refractivity contribution in [3.8, 4) is 11.5 Å². The van der Waals surface area contributed by atoms with Crippen molar-refractivity contribution in [2.24, 2.45) is 4.99 Å². The first-order valence-electron chi connectivity index (χ1n) is 10.7. The lowest BCUT2D eigenvalue weighted by atomic mass is 9.79. The van der Waals surface area contributed by atoms with Gasteiger partial charge in [0.05, 0.1) is 38.4 Å². The highest BCUT2D eigenvalue weighted by Gasteiger charge is 2.33. The van der Waals surface area contributed by atoms with Crippen molar-refractivity contribution in [3.63, 3.8) is 0 Å². The zero-order valence-electron chi connectivity index (χ0n) is 18.6. The molecule has 0 fully saturated rings. The quantitative estimate of drug-likeness (QED) is 0.656. The Morgan fingerprint density at radius 3 is 2.88 bits per heavy atom. The summed E-state index contributed by atoms with van der Waals surface area (Å²) in [7, 11) is 3.02. The second-order valence-electron chi connectivity index (χ2n) is 7.84. The third-order valence-corrected chi connectivity index (χ3v) is 6.12. The van der Waals surface area contributed by atoms with E-state index in [9.17, 15) is 4.79 Å². The molecule has 168 valence electrons. The summed E-state index contributed by atoms with van der Waals surface area (Å²) >= 11 is 0. The van der Waals surface area contributed by atoms with Crippen LogP contribution >= 0.6 is 0 Å². The highest BCUT2D eigenvalue weighted by atomic mass is 19.1. The average molecular weight is 439 g/mol. The Morgan fingerprint density at radius 1 is 1.38 bits per heavy atom. The number of benzene rings is 1. The first-order chi connectivity index (χ1) is 15.5. The fourth-order valence-electron chi connectivity index (χ4n) is 4.52. The standard InChI is InChI=1S/C24H27FN4O3/c1-5-21(30)28-19-13-27-29(6-2)24(19)23-17-8-7-14(9-15(17)12-26-23)18-10-16(31-3)11-20(32-4)22(18)25/h5,10-11,13-14H,1,6-9,12H2,2-4H3,(H,28,30)/t14-/m1/s1. The molecule has 1 aliphatic carbocycles. The molecule has 0 bridgehead atoms. The minimum Gasteiger partial charge on any atom is -0.497 e. The molecule has 1 atom stereocenters. The lowest BCUT2D eigenvalue weighted by Gasteiger charge is -2.26. The molecule has 2 heterocycles. The zero-order valence-corrected chi connectivity index (χ0v) is 18.6. The van der Waals surface area contributed by atoms with E-state index in [-0.39, 0.29) is 23.4 Å². The van der Waals surface area contributed by atoms with Crippen LogP contribution in [0.3, 0.4) is 0 Å². The molecule has 4 rings (SSSR count). The number of amides is 1. The highest BCUT2D eigenvalue weighted by Crippen LogP contribution is 2.43. The Balaban J connectivity index is 1.65. The third-order valence-electron chi connectivity index (χ3n) is 6.12. The van der Waals surface area contributed by atoms with E-state index in [1.807, 2.05) is 11.6 Å². The summed E-state index contributed by atoms with van der Waals surface area (Å²) in [4.78, 5) is 16.7. The molecular weight excluding hydrogens is 411 g/mol. The molecule has 0 saturated carbocycles. The number of carbonyl (C=O) groups excluding carboxylic acids is 1. The monoisotopic (exact) mass is 438 g/mol. The molecule has 32 heavy (non-hydrogen) atoms. The molecule has 8 heteroatoms. The molecule has 0 radical (unpaired) electrons. The maximum atomic E-state index is 15.0. The van der Waals surface area contributed by atoms with Crippen molar-refractivity contribution in [3.05, 3.63) is 59.2 Å². The Kier molecular flexibility index (Phi) is 6.12. The fraction of sp³-hybridized carbons (Fsp3) is 0.375. The number of hydrogen-bond acceptors (Lipinski definition) is 5. The fourth-order valence-corrected chi connectivity index (χ4v) is 4.52. The first-order valence-corrected chi connectivity index (χ1v) is 10.7. The minimum atomic E-state index is -0.333. The lowest BCUT2D eigenvalue weighted by Crippen LogP contribution is -2.18. The Bertz CT molecular complexity index is 1130. The van der Waals surface area contributed by atoms with Crippen LogP contribution in [-0.4, -0.2) is 42.2 Å². The molecule has 1 aromatic heterocycles. The zero-order chi connectivity index (χ0) is 22.8. The summed E-state index contributed by atoms with van der Waals surface area (Å²) in [5.74, 6) is 0.164. The number of aromatic nitrogens is 2. The van der Waals surface area contributed by atoms with Crippen LogP contribution in [0.2, 0.25) is 0 Å². The third kappa shape index (κ3) is 3.81. The van der Waals surface area contributed by atoms with Gasteiger partial charge in [0.1, 0.15) is 11.4 Å². The number of nitrogens with zero attached hydrogens (tertiary/aromatic N) is 3. The second-order valence-corrected chi connectivity index (χ2v) is 7.84. The van der Waals surface area contributed by atoms with Crippen LogP contribution in [0.15, 0.2) is 47.1 Å². The Labute approximate surface area is 186 Å². The van der Waals surface area contributed by atoms with Crippen LogP contribution < -0.4 is 14.8 Å². The predicted octanol–water partition coefficient (Wildman–Crippen LogP) is 4.25. The topological polar surface area (TPSA) is 77.7 Å². The number of ether oxygens (including phenoxy) is 2. The summed E-state index contributed by atoms with van der Waals surface area (Å²) in [5, 5.41) is 7.24. The van der Waals surface area contributed by atoms with Gasteiger partial charge >= 0.3 is 0 Å². The number of allylic oxidation sites excluding steroid dienone is 1. The van der Waals surface area contributed by atoms with E-state index in [4.69, 9.17) is 14.5 Å². The molecule has 0 spiro atoms. The smallest absolute Gasteiger partial charge is 0.247 e. The first kappa shape index (κ1) is 21.8. The number of nitrogens with one attached hydrogen (secondary N) is 1. The summed E-state index contributed by atoms with van der Waals surface area (Å²) in [5.41, 5.74) is 5.26. The van der Waals surface area contributed by atoms with Gasteiger partial charge in [-0.3, -0.25) is 14.5 Å². The molecule has 1 amide bonds. The van der Waals surface area contributed by atoms with Crippen molar-refractivity contribution < 1.29 is 18.7 Å². The predicted molar refractivity (Wildman–Crippen MR) is 121 cm³/mol. The maximum absolute atomic E-state index is 15.0. The van der Waals surface area contributed by atoms with Crippen molar-refractivity contribution in [2.45, 2.75) is 38.6 Å². The highest BCUT2D eigenvalue weighted by molar-refractivity contribution is 6.18. The number of rotatable bonds is 7. The number of hydrogen-bond donors (Lipinski definition) is 1. The normalized spacial score (nSPS) is 17.6. The molecule has 1 N–H and O–H groups in total. The number of halogens is 1. The number of methoxy groups -OCH3 is 2. The van der Waals surface area contributed by atoms with Crippen LogP contribution in [0.4, 0.5) is 10.1 Å². The van der Waals surface area contributed by atoms with Gasteiger partial charge in [0.25, 0.3) is 0 Å². The summed E-state index contributed by atoms with van der Waals surface area (Å²) in [6.45, 7) is 6.73. The van der Waals surface area contributed by atoms with Gasteiger partial charge in [-0.15, -0.1) is 0 Å². The maximum Gasteiger partial charge on any atom is 0.247 e. The molecule has 0 saturated heterocycles. The van der Waals surface area contributed by atoms with Gasteiger partial charge in [-0.2, -0.15) is 5.10 Å².